The Labute approximate surface area is 108 Å². The topological polar surface area (TPSA) is 32.3 Å². The molecule has 1 aliphatic carbocycles. The largest absolute Gasteiger partial charge is 0.394 e. The molecule has 1 aromatic rings. The van der Waals surface area contributed by atoms with Crippen LogP contribution in [0.25, 0.3) is 0 Å². The number of nitrogens with one attached hydrogen (secondary N) is 1. The SMILES string of the molecule is CC1(C)CCC(CO)(Nc2cccc(Cl)c2)C1. The van der Waals surface area contributed by atoms with Gasteiger partial charge >= 0.3 is 0 Å². The van der Waals surface area contributed by atoms with Crippen molar-refractivity contribution in [3.05, 3.63) is 29.3 Å². The lowest BCUT2D eigenvalue weighted by Gasteiger charge is -2.31. The van der Waals surface area contributed by atoms with Gasteiger partial charge in [0.15, 0.2) is 0 Å². The quantitative estimate of drug-likeness (QED) is 0.861. The molecule has 94 valence electrons. The third kappa shape index (κ3) is 2.93. The maximum atomic E-state index is 9.68. The van der Waals surface area contributed by atoms with Crippen molar-refractivity contribution >= 4 is 17.3 Å². The highest BCUT2D eigenvalue weighted by molar-refractivity contribution is 6.30. The van der Waals surface area contributed by atoms with Gasteiger partial charge in [-0.3, -0.25) is 0 Å². The van der Waals surface area contributed by atoms with Crippen LogP contribution in [0.3, 0.4) is 0 Å². The highest BCUT2D eigenvalue weighted by atomic mass is 35.5. The number of aliphatic hydroxyl groups is 1. The second-order valence-corrected chi connectivity index (χ2v) is 6.35. The van der Waals surface area contributed by atoms with Gasteiger partial charge in [-0.15, -0.1) is 0 Å². The van der Waals surface area contributed by atoms with E-state index in [1.165, 1.54) is 0 Å². The zero-order valence-electron chi connectivity index (χ0n) is 10.5. The van der Waals surface area contributed by atoms with E-state index in [1.807, 2.05) is 24.3 Å². The van der Waals surface area contributed by atoms with Crippen LogP contribution < -0.4 is 5.32 Å². The van der Waals surface area contributed by atoms with Crippen LogP contribution in [0.2, 0.25) is 5.02 Å². The van der Waals surface area contributed by atoms with E-state index in [0.29, 0.717) is 5.41 Å². The molecule has 1 atom stereocenters. The van der Waals surface area contributed by atoms with Crippen LogP contribution in [0.4, 0.5) is 5.69 Å². The average Bonchev–Trinajstić information content (AvgIpc) is 2.55. The number of hydrogen-bond donors (Lipinski definition) is 2. The fraction of sp³-hybridized carbons (Fsp3) is 0.571. The zero-order valence-corrected chi connectivity index (χ0v) is 11.2. The van der Waals surface area contributed by atoms with Gasteiger partial charge in [-0.2, -0.15) is 0 Å². The molecule has 1 saturated carbocycles. The molecule has 0 heterocycles. The van der Waals surface area contributed by atoms with Gasteiger partial charge in [-0.25, -0.2) is 0 Å². The predicted molar refractivity (Wildman–Crippen MR) is 72.5 cm³/mol. The van der Waals surface area contributed by atoms with Crippen LogP contribution in [0.1, 0.15) is 33.1 Å². The van der Waals surface area contributed by atoms with Crippen molar-refractivity contribution in [1.29, 1.82) is 0 Å². The summed E-state index contributed by atoms with van der Waals surface area (Å²) in [5, 5.41) is 13.9. The fourth-order valence-corrected chi connectivity index (χ4v) is 3.01. The van der Waals surface area contributed by atoms with Crippen LogP contribution in [-0.2, 0) is 0 Å². The summed E-state index contributed by atoms with van der Waals surface area (Å²) in [7, 11) is 0. The molecule has 0 amide bonds. The minimum atomic E-state index is -0.186. The van der Waals surface area contributed by atoms with E-state index in [9.17, 15) is 5.11 Å². The van der Waals surface area contributed by atoms with Crippen LogP contribution in [0.5, 0.6) is 0 Å². The molecule has 0 saturated heterocycles. The summed E-state index contributed by atoms with van der Waals surface area (Å²) in [6, 6.07) is 7.69. The fourth-order valence-electron chi connectivity index (χ4n) is 2.82. The van der Waals surface area contributed by atoms with Crippen molar-refractivity contribution < 1.29 is 5.11 Å². The Hall–Kier alpha value is -0.730. The van der Waals surface area contributed by atoms with E-state index in [0.717, 1.165) is 30.0 Å². The molecule has 0 aliphatic heterocycles. The summed E-state index contributed by atoms with van der Waals surface area (Å²) in [6.45, 7) is 4.68. The van der Waals surface area contributed by atoms with Crippen molar-refractivity contribution in [2.45, 2.75) is 38.6 Å². The smallest absolute Gasteiger partial charge is 0.0661 e. The normalized spacial score (nSPS) is 27.1. The Kier molecular flexibility index (Phi) is 3.37. The van der Waals surface area contributed by atoms with E-state index in [2.05, 4.69) is 19.2 Å². The molecular weight excluding hydrogens is 234 g/mol. The Balaban J connectivity index is 2.16. The summed E-state index contributed by atoms with van der Waals surface area (Å²) in [4.78, 5) is 0. The molecule has 0 aromatic heterocycles. The van der Waals surface area contributed by atoms with Gasteiger partial charge < -0.3 is 10.4 Å². The molecule has 17 heavy (non-hydrogen) atoms. The van der Waals surface area contributed by atoms with Gasteiger partial charge in [0.05, 0.1) is 12.1 Å². The first-order chi connectivity index (χ1) is 7.95. The highest BCUT2D eigenvalue weighted by Gasteiger charge is 2.42. The molecule has 1 aromatic carbocycles. The number of halogens is 1. The van der Waals surface area contributed by atoms with Crippen molar-refractivity contribution in [3.8, 4) is 0 Å². The Morgan fingerprint density at radius 1 is 1.35 bits per heavy atom. The van der Waals surface area contributed by atoms with E-state index in [-0.39, 0.29) is 12.1 Å². The van der Waals surface area contributed by atoms with Gasteiger partial charge in [0.2, 0.25) is 0 Å². The van der Waals surface area contributed by atoms with E-state index < -0.39 is 0 Å². The Morgan fingerprint density at radius 3 is 2.65 bits per heavy atom. The molecule has 2 nitrogen and oxygen atoms in total. The van der Waals surface area contributed by atoms with Gasteiger partial charge in [0.1, 0.15) is 0 Å². The number of anilines is 1. The molecule has 1 unspecified atom stereocenters. The molecule has 3 heteroatoms. The van der Waals surface area contributed by atoms with Gasteiger partial charge in [0, 0.05) is 10.7 Å². The maximum Gasteiger partial charge on any atom is 0.0661 e. The molecular formula is C14H20ClNO. The first-order valence-electron chi connectivity index (χ1n) is 6.09. The first kappa shape index (κ1) is 12.7. The van der Waals surface area contributed by atoms with Crippen LogP contribution in [-0.4, -0.2) is 17.3 Å². The summed E-state index contributed by atoms with van der Waals surface area (Å²) < 4.78 is 0. The molecule has 1 aliphatic rings. The first-order valence-corrected chi connectivity index (χ1v) is 6.47. The van der Waals surface area contributed by atoms with Gasteiger partial charge in [-0.1, -0.05) is 31.5 Å². The zero-order chi connectivity index (χ0) is 12.5. The minimum Gasteiger partial charge on any atom is -0.394 e. The van der Waals surface area contributed by atoms with E-state index in [4.69, 9.17) is 11.6 Å². The molecule has 2 rings (SSSR count). The lowest BCUT2D eigenvalue weighted by Crippen LogP contribution is -2.40. The molecule has 0 spiro atoms. The van der Waals surface area contributed by atoms with E-state index >= 15 is 0 Å². The number of benzene rings is 1. The summed E-state index contributed by atoms with van der Waals surface area (Å²) in [5.74, 6) is 0. The lowest BCUT2D eigenvalue weighted by molar-refractivity contribution is 0.202. The number of rotatable bonds is 3. The third-order valence-corrected chi connectivity index (χ3v) is 3.87. The Morgan fingerprint density at radius 2 is 2.12 bits per heavy atom. The van der Waals surface area contributed by atoms with Crippen molar-refractivity contribution in [3.63, 3.8) is 0 Å². The van der Waals surface area contributed by atoms with Crippen LogP contribution in [0, 0.1) is 5.41 Å². The molecule has 2 N–H and O–H groups in total. The predicted octanol–water partition coefficient (Wildman–Crippen LogP) is 3.69. The summed E-state index contributed by atoms with van der Waals surface area (Å²) in [5.41, 5.74) is 1.10. The highest BCUT2D eigenvalue weighted by Crippen LogP contribution is 2.45. The second-order valence-electron chi connectivity index (χ2n) is 5.91. The van der Waals surface area contributed by atoms with Crippen LogP contribution >= 0.6 is 11.6 Å². The van der Waals surface area contributed by atoms with Gasteiger partial charge in [-0.05, 0) is 42.9 Å². The number of hydrogen-bond acceptors (Lipinski definition) is 2. The second kappa shape index (κ2) is 4.51. The third-order valence-electron chi connectivity index (χ3n) is 3.63. The van der Waals surface area contributed by atoms with E-state index in [1.54, 1.807) is 0 Å². The van der Waals surface area contributed by atoms with Crippen molar-refractivity contribution in [1.82, 2.24) is 0 Å². The van der Waals surface area contributed by atoms with Crippen LogP contribution in [0.15, 0.2) is 24.3 Å². The molecule has 0 radical (unpaired) electrons. The average molecular weight is 254 g/mol. The van der Waals surface area contributed by atoms with Crippen molar-refractivity contribution in [2.75, 3.05) is 11.9 Å². The Bertz CT molecular complexity index is 405. The minimum absolute atomic E-state index is 0.170. The van der Waals surface area contributed by atoms with Crippen molar-refractivity contribution in [2.24, 2.45) is 5.41 Å². The molecule has 1 fully saturated rings. The standard InChI is InChI=1S/C14H20ClNO/c1-13(2)6-7-14(9-13,10-17)16-12-5-3-4-11(15)8-12/h3-5,8,16-17H,6-7,9-10H2,1-2H3. The summed E-state index contributed by atoms with van der Waals surface area (Å²) in [6.07, 6.45) is 3.13. The molecule has 0 bridgehead atoms. The monoisotopic (exact) mass is 253 g/mol. The van der Waals surface area contributed by atoms with Gasteiger partial charge in [0.25, 0.3) is 0 Å². The maximum absolute atomic E-state index is 9.68. The lowest BCUT2D eigenvalue weighted by atomic mass is 9.88. The number of aliphatic hydroxyl groups excluding tert-OH is 1. The summed E-state index contributed by atoms with van der Waals surface area (Å²) >= 11 is 5.97.